The maximum Gasteiger partial charge on any atom is 0.245 e. The van der Waals surface area contributed by atoms with Crippen LogP contribution >= 0.6 is 0 Å². The average molecular weight is 479 g/mol. The van der Waals surface area contributed by atoms with Gasteiger partial charge in [0, 0.05) is 60.8 Å². The molecule has 182 valence electrons. The number of hydrogen-bond acceptors (Lipinski definition) is 5. The highest BCUT2D eigenvalue weighted by Crippen LogP contribution is 2.55. The molecule has 7 nitrogen and oxygen atoms in total. The fourth-order valence-electron chi connectivity index (χ4n) is 7.34. The van der Waals surface area contributed by atoms with E-state index in [1.54, 1.807) is 0 Å². The third-order valence-corrected chi connectivity index (χ3v) is 9.17. The van der Waals surface area contributed by atoms with E-state index < -0.39 is 0 Å². The molecule has 2 saturated heterocycles. The van der Waals surface area contributed by atoms with Crippen molar-refractivity contribution >= 4 is 22.6 Å². The number of aromatic nitrogens is 3. The van der Waals surface area contributed by atoms with Crippen molar-refractivity contribution in [3.05, 3.63) is 53.4 Å². The Bertz CT molecular complexity index is 1500. The van der Waals surface area contributed by atoms with E-state index in [2.05, 4.69) is 41.7 Å². The number of fused-ring (bicyclic) bond motifs is 1. The summed E-state index contributed by atoms with van der Waals surface area (Å²) in [6.45, 7) is 8.97. The highest BCUT2D eigenvalue weighted by Gasteiger charge is 2.50. The Kier molecular flexibility index (Phi) is 4.46. The van der Waals surface area contributed by atoms with Crippen molar-refractivity contribution in [2.24, 2.45) is 18.4 Å². The summed E-state index contributed by atoms with van der Waals surface area (Å²) in [6.07, 6.45) is 7.72. The third-order valence-electron chi connectivity index (χ3n) is 9.17. The molecule has 0 atom stereocenters. The van der Waals surface area contributed by atoms with E-state index in [4.69, 9.17) is 4.98 Å². The van der Waals surface area contributed by atoms with Gasteiger partial charge in [-0.2, -0.15) is 10.4 Å². The van der Waals surface area contributed by atoms with Crippen LogP contribution in [0, 0.1) is 29.6 Å². The molecule has 2 aliphatic heterocycles. The summed E-state index contributed by atoms with van der Waals surface area (Å²) in [5.74, 6) is 2.04. The van der Waals surface area contributed by atoms with Gasteiger partial charge >= 0.3 is 0 Å². The molecule has 3 aliphatic carbocycles. The second-order valence-electron chi connectivity index (χ2n) is 11.4. The lowest BCUT2D eigenvalue weighted by atomic mass is 9.62. The van der Waals surface area contributed by atoms with Crippen LogP contribution in [0.5, 0.6) is 0 Å². The molecular formula is C29H30N6O. The summed E-state index contributed by atoms with van der Waals surface area (Å²) >= 11 is 0. The number of rotatable bonds is 3. The first-order chi connectivity index (χ1) is 17.4. The number of aryl methyl sites for hydroxylation is 2. The maximum absolute atomic E-state index is 12.1. The highest BCUT2D eigenvalue weighted by atomic mass is 16.2. The monoisotopic (exact) mass is 478 g/mol. The van der Waals surface area contributed by atoms with E-state index in [0.717, 1.165) is 66.9 Å². The first kappa shape index (κ1) is 21.6. The molecular weight excluding hydrogens is 448 g/mol. The molecule has 0 N–H and O–H groups in total. The predicted molar refractivity (Wildman–Crippen MR) is 139 cm³/mol. The minimum atomic E-state index is 0.00459. The number of carbonyl (C=O) groups excluding carboxylic acids is 1. The van der Waals surface area contributed by atoms with E-state index in [0.29, 0.717) is 17.4 Å². The zero-order chi connectivity index (χ0) is 24.8. The summed E-state index contributed by atoms with van der Waals surface area (Å²) in [6, 6.07) is 6.90. The Morgan fingerprint density at radius 1 is 1.25 bits per heavy atom. The Balaban J connectivity index is 1.39. The van der Waals surface area contributed by atoms with E-state index in [-0.39, 0.29) is 11.3 Å². The van der Waals surface area contributed by atoms with Gasteiger partial charge in [-0.1, -0.05) is 18.7 Å². The zero-order valence-corrected chi connectivity index (χ0v) is 20.9. The zero-order valence-electron chi connectivity index (χ0n) is 20.9. The van der Waals surface area contributed by atoms with Gasteiger partial charge < -0.3 is 9.80 Å². The molecule has 2 aromatic heterocycles. The van der Waals surface area contributed by atoms with Gasteiger partial charge in [0.05, 0.1) is 11.7 Å². The fraction of sp³-hybridized carbons (Fsp3) is 0.448. The molecule has 36 heavy (non-hydrogen) atoms. The van der Waals surface area contributed by atoms with Crippen molar-refractivity contribution in [1.82, 2.24) is 19.7 Å². The lowest BCUT2D eigenvalue weighted by Crippen LogP contribution is -2.59. The van der Waals surface area contributed by atoms with Gasteiger partial charge in [-0.3, -0.25) is 9.48 Å². The third kappa shape index (κ3) is 2.87. The summed E-state index contributed by atoms with van der Waals surface area (Å²) in [7, 11) is 1.99. The number of likely N-dealkylation sites (tertiary alicyclic amines) is 1. The number of anilines is 1. The van der Waals surface area contributed by atoms with Gasteiger partial charge in [-0.05, 0) is 61.6 Å². The smallest absolute Gasteiger partial charge is 0.245 e. The van der Waals surface area contributed by atoms with E-state index >= 15 is 0 Å². The van der Waals surface area contributed by atoms with Crippen LogP contribution in [-0.4, -0.2) is 51.8 Å². The molecule has 0 unspecified atom stereocenters. The fourth-order valence-corrected chi connectivity index (χ4v) is 7.34. The molecule has 1 aromatic carbocycles. The Morgan fingerprint density at radius 2 is 2.06 bits per heavy atom. The van der Waals surface area contributed by atoms with E-state index in [9.17, 15) is 10.1 Å². The number of nitrogens with zero attached hydrogens (tertiary/aromatic N) is 6. The molecule has 7 heteroatoms. The normalized spacial score (nSPS) is 23.2. The SMILES string of the molecule is C=CC(=O)N1CC2(CCN(c3nc4c(c(-c5c(C)ccc6cnn(C)c56)c3C#N)[C@H]3C[C@@H](C4)C3)C2)C1. The van der Waals surface area contributed by atoms with Crippen molar-refractivity contribution in [2.45, 2.75) is 38.5 Å². The number of carbonyl (C=O) groups is 1. The summed E-state index contributed by atoms with van der Waals surface area (Å²) < 4.78 is 1.95. The van der Waals surface area contributed by atoms with Gasteiger partial charge in [-0.15, -0.1) is 0 Å². The second-order valence-corrected chi connectivity index (χ2v) is 11.4. The number of pyridine rings is 1. The Labute approximate surface area is 211 Å². The first-order valence-electron chi connectivity index (χ1n) is 13.0. The standard InChI is InChI=1S/C29H30N6O/c1-4-23(36)35-15-29(16-35)7-8-34(14-29)28-21(12-30)26(25-20-9-18(10-20)11-22(25)32-28)24-17(2)5-6-19-13-31-33(3)27(19)24/h4-6,13,18,20H,1,7-11,14-16H2,2-3H3/t18-,20+. The van der Waals surface area contributed by atoms with Crippen molar-refractivity contribution in [3.63, 3.8) is 0 Å². The van der Waals surface area contributed by atoms with Crippen molar-refractivity contribution < 1.29 is 4.79 Å². The average Bonchev–Trinajstić information content (AvgIpc) is 3.45. The molecule has 3 aromatic rings. The first-order valence-corrected chi connectivity index (χ1v) is 13.0. The minimum Gasteiger partial charge on any atom is -0.355 e. The van der Waals surface area contributed by atoms with Crippen molar-refractivity contribution in [3.8, 4) is 17.2 Å². The van der Waals surface area contributed by atoms with Gasteiger partial charge in [0.15, 0.2) is 0 Å². The van der Waals surface area contributed by atoms with Crippen LogP contribution in [0.1, 0.15) is 47.6 Å². The van der Waals surface area contributed by atoms with Crippen LogP contribution in [0.4, 0.5) is 5.82 Å². The van der Waals surface area contributed by atoms with Crippen LogP contribution < -0.4 is 4.90 Å². The molecule has 1 amide bonds. The van der Waals surface area contributed by atoms with Crippen LogP contribution in [0.3, 0.4) is 0 Å². The van der Waals surface area contributed by atoms with Crippen LogP contribution in [-0.2, 0) is 18.3 Å². The second kappa shape index (κ2) is 7.42. The van der Waals surface area contributed by atoms with Crippen molar-refractivity contribution in [1.29, 1.82) is 5.26 Å². The largest absolute Gasteiger partial charge is 0.355 e. The van der Waals surface area contributed by atoms with Crippen molar-refractivity contribution in [2.75, 3.05) is 31.1 Å². The molecule has 3 fully saturated rings. The van der Waals surface area contributed by atoms with Crippen LogP contribution in [0.15, 0.2) is 31.0 Å². The highest BCUT2D eigenvalue weighted by molar-refractivity contribution is 5.99. The molecule has 4 heterocycles. The van der Waals surface area contributed by atoms with Gasteiger partial charge in [0.25, 0.3) is 0 Å². The summed E-state index contributed by atoms with van der Waals surface area (Å²) in [5, 5.41) is 16.3. The maximum atomic E-state index is 12.1. The Hall–Kier alpha value is -3.66. The van der Waals surface area contributed by atoms with E-state index in [1.165, 1.54) is 35.7 Å². The molecule has 2 bridgehead atoms. The lowest BCUT2D eigenvalue weighted by Gasteiger charge is -2.47. The molecule has 5 aliphatic rings. The number of hydrogen-bond donors (Lipinski definition) is 0. The van der Waals surface area contributed by atoms with Crippen LogP contribution in [0.2, 0.25) is 0 Å². The predicted octanol–water partition coefficient (Wildman–Crippen LogP) is 4.09. The number of benzene rings is 1. The number of nitriles is 1. The molecule has 8 rings (SSSR count). The topological polar surface area (TPSA) is 78.1 Å². The molecule has 1 spiro atoms. The quantitative estimate of drug-likeness (QED) is 0.530. The lowest BCUT2D eigenvalue weighted by molar-refractivity contribution is -0.136. The minimum absolute atomic E-state index is 0.00459. The van der Waals surface area contributed by atoms with Crippen LogP contribution in [0.25, 0.3) is 22.0 Å². The molecule has 0 radical (unpaired) electrons. The van der Waals surface area contributed by atoms with Gasteiger partial charge in [0.1, 0.15) is 17.5 Å². The summed E-state index contributed by atoms with van der Waals surface area (Å²) in [5.41, 5.74) is 7.74. The summed E-state index contributed by atoms with van der Waals surface area (Å²) in [4.78, 5) is 21.5. The van der Waals surface area contributed by atoms with Gasteiger partial charge in [-0.25, -0.2) is 4.98 Å². The molecule has 1 saturated carbocycles. The van der Waals surface area contributed by atoms with Gasteiger partial charge in [0.2, 0.25) is 5.91 Å². The van der Waals surface area contributed by atoms with E-state index in [1.807, 2.05) is 22.8 Å². The Morgan fingerprint density at radius 3 is 2.81 bits per heavy atom. The number of amides is 1.